The van der Waals surface area contributed by atoms with Crippen molar-refractivity contribution < 1.29 is 9.47 Å². The molecule has 174 valence electrons. The Bertz CT molecular complexity index is 1290. The number of rotatable bonds is 8. The van der Waals surface area contributed by atoms with Gasteiger partial charge in [0.25, 0.3) is 0 Å². The first-order chi connectivity index (χ1) is 16.5. The molecule has 4 aromatic rings. The minimum Gasteiger partial charge on any atom is -0.497 e. The van der Waals surface area contributed by atoms with E-state index in [4.69, 9.17) is 15.2 Å². The Balaban J connectivity index is 1.92. The van der Waals surface area contributed by atoms with E-state index in [1.807, 2.05) is 24.3 Å². The molecule has 0 amide bonds. The summed E-state index contributed by atoms with van der Waals surface area (Å²) in [5, 5.41) is 2.29. The van der Waals surface area contributed by atoms with Gasteiger partial charge in [-0.15, -0.1) is 0 Å². The lowest BCUT2D eigenvalue weighted by molar-refractivity contribution is 0.398. The minimum atomic E-state index is 0.363. The van der Waals surface area contributed by atoms with Crippen molar-refractivity contribution in [2.45, 2.75) is 32.6 Å². The summed E-state index contributed by atoms with van der Waals surface area (Å²) in [6.45, 7) is 4.50. The molecule has 4 aromatic carbocycles. The number of nitrogen functional groups attached to an aromatic ring is 1. The molecular weight excluding hydrogens is 418 g/mol. The molecule has 0 aliphatic carbocycles. The van der Waals surface area contributed by atoms with Gasteiger partial charge in [-0.1, -0.05) is 68.5 Å². The molecular formula is C31H33NO2. The Morgan fingerprint density at radius 1 is 0.794 bits per heavy atom. The van der Waals surface area contributed by atoms with Gasteiger partial charge in [0.1, 0.15) is 11.5 Å². The molecule has 3 heteroatoms. The number of fused-ring (bicyclic) bond motifs is 1. The fourth-order valence-electron chi connectivity index (χ4n) is 4.48. The van der Waals surface area contributed by atoms with E-state index in [1.165, 1.54) is 33.2 Å². The molecule has 0 aliphatic rings. The number of ether oxygens (including phenoxy) is 2. The van der Waals surface area contributed by atoms with E-state index in [9.17, 15) is 0 Å². The van der Waals surface area contributed by atoms with Crippen LogP contribution in [0.2, 0.25) is 0 Å². The van der Waals surface area contributed by atoms with Crippen molar-refractivity contribution in [3.8, 4) is 11.5 Å². The molecule has 0 saturated heterocycles. The average molecular weight is 452 g/mol. The summed E-state index contributed by atoms with van der Waals surface area (Å²) in [5.41, 5.74) is 13.0. The van der Waals surface area contributed by atoms with Crippen molar-refractivity contribution in [1.29, 1.82) is 0 Å². The molecule has 2 N–H and O–H groups in total. The number of hydrogen-bond donors (Lipinski definition) is 1. The third-order valence-electron chi connectivity index (χ3n) is 6.34. The zero-order valence-corrected chi connectivity index (χ0v) is 20.5. The van der Waals surface area contributed by atoms with E-state index in [0.29, 0.717) is 5.92 Å². The Morgan fingerprint density at radius 3 is 2.18 bits per heavy atom. The van der Waals surface area contributed by atoms with Crippen molar-refractivity contribution in [2.24, 2.45) is 0 Å². The first-order valence-electron chi connectivity index (χ1n) is 11.8. The highest BCUT2D eigenvalue weighted by atomic mass is 16.5. The van der Waals surface area contributed by atoms with E-state index < -0.39 is 0 Å². The van der Waals surface area contributed by atoms with Crippen molar-refractivity contribution in [1.82, 2.24) is 0 Å². The van der Waals surface area contributed by atoms with Gasteiger partial charge in [-0.2, -0.15) is 0 Å². The third-order valence-corrected chi connectivity index (χ3v) is 6.34. The molecule has 0 bridgehead atoms. The van der Waals surface area contributed by atoms with Gasteiger partial charge in [0, 0.05) is 17.1 Å². The van der Waals surface area contributed by atoms with E-state index in [2.05, 4.69) is 74.5 Å². The first kappa shape index (κ1) is 23.4. The van der Waals surface area contributed by atoms with Gasteiger partial charge in [-0.05, 0) is 76.2 Å². The molecule has 0 saturated carbocycles. The van der Waals surface area contributed by atoms with E-state index in [-0.39, 0.29) is 0 Å². The van der Waals surface area contributed by atoms with Crippen LogP contribution in [0.25, 0.3) is 22.9 Å². The number of methoxy groups -OCH3 is 2. The Morgan fingerprint density at radius 2 is 1.53 bits per heavy atom. The third kappa shape index (κ3) is 5.09. The maximum atomic E-state index is 5.91. The second kappa shape index (κ2) is 10.5. The fraction of sp³-hybridized carbons (Fsp3) is 0.226. The standard InChI is InChI=1S/C31H33NO2/c1-21(2)28-20-30-29(18-25(33-3)19-31(30)34-4)27(17-13-23-10-14-24(32)15-11-23)26(28)16-12-22-8-6-5-7-9-22/h5-12,14-16,18-21H,13,17,32H2,1-4H3/b16-12-. The SMILES string of the molecule is COc1cc(OC)c2cc(C(C)C)c(/C=C\c3ccccc3)c(CCc3ccc(N)cc3)c2c1. The predicted octanol–water partition coefficient (Wildman–Crippen LogP) is 7.52. The largest absolute Gasteiger partial charge is 0.497 e. The highest BCUT2D eigenvalue weighted by molar-refractivity contribution is 5.96. The van der Waals surface area contributed by atoms with E-state index in [1.54, 1.807) is 14.2 Å². The molecule has 0 spiro atoms. The molecule has 0 heterocycles. The van der Waals surface area contributed by atoms with Gasteiger partial charge in [0.15, 0.2) is 0 Å². The maximum Gasteiger partial charge on any atom is 0.130 e. The zero-order chi connectivity index (χ0) is 24.1. The summed E-state index contributed by atoms with van der Waals surface area (Å²) < 4.78 is 11.4. The zero-order valence-electron chi connectivity index (χ0n) is 20.5. The second-order valence-corrected chi connectivity index (χ2v) is 8.92. The lowest BCUT2D eigenvalue weighted by atomic mass is 9.85. The van der Waals surface area contributed by atoms with Crippen LogP contribution in [0, 0.1) is 0 Å². The number of nitrogens with two attached hydrogens (primary N) is 1. The summed E-state index contributed by atoms with van der Waals surface area (Å²) in [7, 11) is 3.42. The summed E-state index contributed by atoms with van der Waals surface area (Å²) >= 11 is 0. The van der Waals surface area contributed by atoms with Crippen LogP contribution in [0.4, 0.5) is 5.69 Å². The molecule has 0 radical (unpaired) electrons. The van der Waals surface area contributed by atoms with Gasteiger partial charge in [-0.25, -0.2) is 0 Å². The second-order valence-electron chi connectivity index (χ2n) is 8.92. The fourth-order valence-corrected chi connectivity index (χ4v) is 4.48. The van der Waals surface area contributed by atoms with Crippen LogP contribution in [0.3, 0.4) is 0 Å². The van der Waals surface area contributed by atoms with Crippen LogP contribution in [0.5, 0.6) is 11.5 Å². The number of aryl methyl sites for hydroxylation is 2. The highest BCUT2D eigenvalue weighted by Gasteiger charge is 2.18. The van der Waals surface area contributed by atoms with Crippen LogP contribution in [-0.4, -0.2) is 14.2 Å². The normalized spacial score (nSPS) is 11.4. The Kier molecular flexibility index (Phi) is 7.22. The van der Waals surface area contributed by atoms with Crippen LogP contribution >= 0.6 is 0 Å². The van der Waals surface area contributed by atoms with Crippen molar-refractivity contribution in [2.75, 3.05) is 20.0 Å². The molecule has 0 atom stereocenters. The summed E-state index contributed by atoms with van der Waals surface area (Å²) in [6, 6.07) is 25.0. The van der Waals surface area contributed by atoms with Crippen LogP contribution in [-0.2, 0) is 12.8 Å². The van der Waals surface area contributed by atoms with Crippen molar-refractivity contribution in [3.05, 3.63) is 101 Å². The number of hydrogen-bond acceptors (Lipinski definition) is 3. The smallest absolute Gasteiger partial charge is 0.130 e. The van der Waals surface area contributed by atoms with Gasteiger partial charge in [-0.3, -0.25) is 0 Å². The lowest BCUT2D eigenvalue weighted by Gasteiger charge is -2.20. The summed E-state index contributed by atoms with van der Waals surface area (Å²) in [6.07, 6.45) is 6.29. The van der Waals surface area contributed by atoms with Gasteiger partial charge >= 0.3 is 0 Å². The number of benzene rings is 4. The quantitative estimate of drug-likeness (QED) is 0.223. The minimum absolute atomic E-state index is 0.363. The molecule has 0 aliphatic heterocycles. The topological polar surface area (TPSA) is 44.5 Å². The highest BCUT2D eigenvalue weighted by Crippen LogP contribution is 2.39. The van der Waals surface area contributed by atoms with Crippen LogP contribution < -0.4 is 15.2 Å². The average Bonchev–Trinajstić information content (AvgIpc) is 2.86. The van der Waals surface area contributed by atoms with Gasteiger partial charge in [0.05, 0.1) is 14.2 Å². The van der Waals surface area contributed by atoms with Gasteiger partial charge < -0.3 is 15.2 Å². The summed E-state index contributed by atoms with van der Waals surface area (Å²) in [4.78, 5) is 0. The summed E-state index contributed by atoms with van der Waals surface area (Å²) in [5.74, 6) is 2.00. The van der Waals surface area contributed by atoms with E-state index in [0.717, 1.165) is 35.4 Å². The number of anilines is 1. The molecule has 34 heavy (non-hydrogen) atoms. The van der Waals surface area contributed by atoms with E-state index >= 15 is 0 Å². The van der Waals surface area contributed by atoms with Crippen LogP contribution in [0.15, 0.2) is 72.8 Å². The maximum absolute atomic E-state index is 5.91. The Labute approximate surface area is 202 Å². The van der Waals surface area contributed by atoms with Crippen molar-refractivity contribution in [3.63, 3.8) is 0 Å². The van der Waals surface area contributed by atoms with Gasteiger partial charge in [0.2, 0.25) is 0 Å². The van der Waals surface area contributed by atoms with Crippen LogP contribution in [0.1, 0.15) is 47.6 Å². The lowest BCUT2D eigenvalue weighted by Crippen LogP contribution is -2.03. The van der Waals surface area contributed by atoms with Crippen molar-refractivity contribution >= 4 is 28.6 Å². The Hall–Kier alpha value is -3.72. The molecule has 4 rings (SSSR count). The monoisotopic (exact) mass is 451 g/mol. The molecule has 0 aromatic heterocycles. The molecule has 0 unspecified atom stereocenters. The molecule has 3 nitrogen and oxygen atoms in total. The predicted molar refractivity (Wildman–Crippen MR) is 145 cm³/mol. The molecule has 0 fully saturated rings. The first-order valence-corrected chi connectivity index (χ1v) is 11.8.